The maximum Gasteiger partial charge on any atom is 0.256 e. The van der Waals surface area contributed by atoms with E-state index in [0.29, 0.717) is 22.9 Å². The number of nitrogens with one attached hydrogen (secondary N) is 1. The van der Waals surface area contributed by atoms with Crippen LogP contribution in [0, 0.1) is 6.92 Å². The molecule has 0 saturated heterocycles. The zero-order chi connectivity index (χ0) is 17.1. The fourth-order valence-corrected chi connectivity index (χ4v) is 2.88. The lowest BCUT2D eigenvalue weighted by molar-refractivity contribution is 0.102. The summed E-state index contributed by atoms with van der Waals surface area (Å²) in [6, 6.07) is 15.0. The number of carbonyl (C=O) groups excluding carboxylic acids is 1. The van der Waals surface area contributed by atoms with Gasteiger partial charge in [-0.05, 0) is 52.7 Å². The molecule has 0 aliphatic rings. The molecule has 24 heavy (non-hydrogen) atoms. The first-order valence-corrected chi connectivity index (χ1v) is 8.54. The molecule has 0 unspecified atom stereocenters. The highest BCUT2D eigenvalue weighted by Gasteiger charge is 2.12. The molecule has 6 heteroatoms. The van der Waals surface area contributed by atoms with Crippen molar-refractivity contribution in [2.75, 3.05) is 5.32 Å². The molecule has 0 aliphatic heterocycles. The first kappa shape index (κ1) is 16.7. The van der Waals surface area contributed by atoms with Gasteiger partial charge in [0.1, 0.15) is 0 Å². The lowest BCUT2D eigenvalue weighted by atomic mass is 10.1. The molecule has 122 valence electrons. The Labute approximate surface area is 153 Å². The van der Waals surface area contributed by atoms with Crippen molar-refractivity contribution in [2.45, 2.75) is 13.5 Å². The van der Waals surface area contributed by atoms with Crippen molar-refractivity contribution in [2.24, 2.45) is 0 Å². The smallest absolute Gasteiger partial charge is 0.256 e. The number of aryl methyl sites for hydroxylation is 1. The van der Waals surface area contributed by atoms with Crippen LogP contribution < -0.4 is 5.32 Å². The van der Waals surface area contributed by atoms with E-state index in [4.69, 9.17) is 11.6 Å². The summed E-state index contributed by atoms with van der Waals surface area (Å²) in [6.45, 7) is 2.69. The topological polar surface area (TPSA) is 46.9 Å². The molecule has 3 aromatic rings. The summed E-state index contributed by atoms with van der Waals surface area (Å²) in [6.07, 6.45) is 1.85. The largest absolute Gasteiger partial charge is 0.304 e. The number of nitrogens with zero attached hydrogens (tertiary/aromatic N) is 2. The molecular formula is C18H15BrClN3O. The van der Waals surface area contributed by atoms with Crippen LogP contribution in [0.3, 0.4) is 0 Å². The average Bonchev–Trinajstić information content (AvgIpc) is 2.87. The van der Waals surface area contributed by atoms with Gasteiger partial charge in [-0.3, -0.25) is 9.48 Å². The van der Waals surface area contributed by atoms with Gasteiger partial charge in [0.25, 0.3) is 5.91 Å². The zero-order valence-electron chi connectivity index (χ0n) is 13.0. The molecule has 1 heterocycles. The second-order valence-corrected chi connectivity index (χ2v) is 6.76. The SMILES string of the molecule is Cc1cccc(Cn2cc(Br)c(NC(=O)c3ccc(Cl)cc3)n2)c1. The van der Waals surface area contributed by atoms with Crippen LogP contribution in [0.15, 0.2) is 59.2 Å². The van der Waals surface area contributed by atoms with Crippen LogP contribution in [0.25, 0.3) is 0 Å². The van der Waals surface area contributed by atoms with Gasteiger partial charge in [-0.15, -0.1) is 0 Å². The van der Waals surface area contributed by atoms with Crippen molar-refractivity contribution < 1.29 is 4.79 Å². The fourth-order valence-electron chi connectivity index (χ4n) is 2.34. The van der Waals surface area contributed by atoms with Gasteiger partial charge in [-0.25, -0.2) is 0 Å². The maximum absolute atomic E-state index is 12.3. The zero-order valence-corrected chi connectivity index (χ0v) is 15.3. The minimum absolute atomic E-state index is 0.229. The summed E-state index contributed by atoms with van der Waals surface area (Å²) >= 11 is 9.28. The minimum Gasteiger partial charge on any atom is -0.304 e. The summed E-state index contributed by atoms with van der Waals surface area (Å²) in [5.41, 5.74) is 2.88. The van der Waals surface area contributed by atoms with Crippen LogP contribution in [-0.4, -0.2) is 15.7 Å². The van der Waals surface area contributed by atoms with Crippen molar-refractivity contribution in [1.29, 1.82) is 0 Å². The number of halogens is 2. The van der Waals surface area contributed by atoms with Crippen molar-refractivity contribution in [3.05, 3.63) is 80.9 Å². The van der Waals surface area contributed by atoms with Gasteiger partial charge in [0.05, 0.1) is 11.0 Å². The second-order valence-electron chi connectivity index (χ2n) is 5.47. The van der Waals surface area contributed by atoms with Crippen LogP contribution in [0.5, 0.6) is 0 Å². The summed E-state index contributed by atoms with van der Waals surface area (Å²) < 4.78 is 2.52. The van der Waals surface area contributed by atoms with E-state index in [2.05, 4.69) is 51.5 Å². The lowest BCUT2D eigenvalue weighted by Crippen LogP contribution is -2.13. The van der Waals surface area contributed by atoms with Crippen LogP contribution in [0.4, 0.5) is 5.82 Å². The van der Waals surface area contributed by atoms with Crippen LogP contribution in [0.1, 0.15) is 21.5 Å². The number of benzene rings is 2. The third kappa shape index (κ3) is 4.04. The van der Waals surface area contributed by atoms with Gasteiger partial charge in [0.2, 0.25) is 0 Å². The first-order valence-electron chi connectivity index (χ1n) is 7.37. The third-order valence-corrected chi connectivity index (χ3v) is 4.31. The summed E-state index contributed by atoms with van der Waals surface area (Å²) in [5.74, 6) is 0.260. The van der Waals surface area contributed by atoms with Gasteiger partial charge in [-0.2, -0.15) is 5.10 Å². The normalized spacial score (nSPS) is 10.6. The number of hydrogen-bond donors (Lipinski definition) is 1. The molecule has 0 atom stereocenters. The van der Waals surface area contributed by atoms with Gasteiger partial charge in [0.15, 0.2) is 5.82 Å². The van der Waals surface area contributed by atoms with E-state index in [1.165, 1.54) is 5.56 Å². The van der Waals surface area contributed by atoms with Gasteiger partial charge in [-0.1, -0.05) is 41.4 Å². The molecule has 1 aromatic heterocycles. The number of hydrogen-bond acceptors (Lipinski definition) is 2. The third-order valence-electron chi connectivity index (χ3n) is 3.48. The van der Waals surface area contributed by atoms with Crippen LogP contribution in [-0.2, 0) is 6.54 Å². The van der Waals surface area contributed by atoms with E-state index < -0.39 is 0 Å². The predicted molar refractivity (Wildman–Crippen MR) is 99.6 cm³/mol. The number of aromatic nitrogens is 2. The molecular weight excluding hydrogens is 390 g/mol. The fraction of sp³-hybridized carbons (Fsp3) is 0.111. The van der Waals surface area contributed by atoms with Crippen molar-refractivity contribution in [3.8, 4) is 0 Å². The molecule has 1 N–H and O–H groups in total. The highest BCUT2D eigenvalue weighted by atomic mass is 79.9. The van der Waals surface area contributed by atoms with E-state index in [0.717, 1.165) is 10.0 Å². The second kappa shape index (κ2) is 7.20. The van der Waals surface area contributed by atoms with E-state index in [-0.39, 0.29) is 5.91 Å². The lowest BCUT2D eigenvalue weighted by Gasteiger charge is -2.04. The van der Waals surface area contributed by atoms with Gasteiger partial charge < -0.3 is 5.32 Å². The first-order chi connectivity index (χ1) is 11.5. The molecule has 1 amide bonds. The Morgan fingerprint density at radius 1 is 1.25 bits per heavy atom. The summed E-state index contributed by atoms with van der Waals surface area (Å²) in [4.78, 5) is 12.3. The van der Waals surface area contributed by atoms with E-state index >= 15 is 0 Å². The number of carbonyl (C=O) groups is 1. The monoisotopic (exact) mass is 403 g/mol. The Bertz CT molecular complexity index is 874. The number of rotatable bonds is 4. The standard InChI is InChI=1S/C18H15BrClN3O/c1-12-3-2-4-13(9-12)10-23-11-16(19)17(22-23)21-18(24)14-5-7-15(20)8-6-14/h2-9,11H,10H2,1H3,(H,21,22,24). The summed E-state index contributed by atoms with van der Waals surface area (Å²) in [5, 5.41) is 7.82. The molecule has 0 aliphatic carbocycles. The highest BCUT2D eigenvalue weighted by molar-refractivity contribution is 9.10. The molecule has 2 aromatic carbocycles. The van der Waals surface area contributed by atoms with Crippen molar-refractivity contribution in [1.82, 2.24) is 9.78 Å². The van der Waals surface area contributed by atoms with E-state index in [1.54, 1.807) is 28.9 Å². The van der Waals surface area contributed by atoms with E-state index in [9.17, 15) is 4.79 Å². The Morgan fingerprint density at radius 2 is 2.00 bits per heavy atom. The maximum atomic E-state index is 12.3. The molecule has 3 rings (SSSR count). The molecule has 0 bridgehead atoms. The Kier molecular flexibility index (Phi) is 5.02. The average molecular weight is 405 g/mol. The molecule has 4 nitrogen and oxygen atoms in total. The Balaban J connectivity index is 1.74. The molecule has 0 radical (unpaired) electrons. The van der Waals surface area contributed by atoms with Gasteiger partial charge in [0, 0.05) is 16.8 Å². The minimum atomic E-state index is -0.229. The Morgan fingerprint density at radius 3 is 2.71 bits per heavy atom. The number of anilines is 1. The van der Waals surface area contributed by atoms with Crippen LogP contribution in [0.2, 0.25) is 5.02 Å². The molecule has 0 spiro atoms. The number of amides is 1. The predicted octanol–water partition coefficient (Wildman–Crippen LogP) is 4.91. The van der Waals surface area contributed by atoms with Crippen molar-refractivity contribution >= 4 is 39.3 Å². The van der Waals surface area contributed by atoms with Crippen molar-refractivity contribution in [3.63, 3.8) is 0 Å². The molecule has 0 fully saturated rings. The molecule has 0 saturated carbocycles. The highest BCUT2D eigenvalue weighted by Crippen LogP contribution is 2.22. The Hall–Kier alpha value is -2.11. The quantitative estimate of drug-likeness (QED) is 0.672. The summed E-state index contributed by atoms with van der Waals surface area (Å²) in [7, 11) is 0. The van der Waals surface area contributed by atoms with Gasteiger partial charge >= 0.3 is 0 Å². The van der Waals surface area contributed by atoms with E-state index in [1.807, 2.05) is 12.3 Å². The van der Waals surface area contributed by atoms with Crippen LogP contribution >= 0.6 is 27.5 Å².